The molecule has 0 spiro atoms. The number of aromatic nitrogens is 1. The van der Waals surface area contributed by atoms with Crippen LogP contribution in [0.2, 0.25) is 0 Å². The second-order valence-corrected chi connectivity index (χ2v) is 10.1. The van der Waals surface area contributed by atoms with Crippen molar-refractivity contribution in [3.63, 3.8) is 0 Å². The molecule has 0 N–H and O–H groups in total. The maximum Gasteiger partial charge on any atom is 0.228 e. The van der Waals surface area contributed by atoms with Gasteiger partial charge in [-0.3, -0.25) is 0 Å². The van der Waals surface area contributed by atoms with Gasteiger partial charge in [-0.1, -0.05) is 44.5 Å². The first-order chi connectivity index (χ1) is 14.5. The van der Waals surface area contributed by atoms with Crippen LogP contribution in [0, 0.1) is 26.2 Å². The Hall–Kier alpha value is -2.87. The van der Waals surface area contributed by atoms with E-state index in [4.69, 9.17) is 6.11 Å². The van der Waals surface area contributed by atoms with Gasteiger partial charge in [0.15, 0.2) is 6.17 Å². The van der Waals surface area contributed by atoms with Crippen LogP contribution in [0.15, 0.2) is 42.6 Å². The van der Waals surface area contributed by atoms with Gasteiger partial charge in [0, 0.05) is 6.07 Å². The van der Waals surface area contributed by atoms with Crippen LogP contribution in [0.25, 0.3) is 32.8 Å². The highest BCUT2D eigenvalue weighted by Crippen LogP contribution is 2.49. The Kier molecular flexibility index (Phi) is 3.78. The highest BCUT2D eigenvalue weighted by Gasteiger charge is 2.31. The summed E-state index contributed by atoms with van der Waals surface area (Å²) in [5, 5.41) is 4.68. The molecule has 0 amide bonds. The van der Waals surface area contributed by atoms with E-state index in [0.29, 0.717) is 6.17 Å². The third-order valence-corrected chi connectivity index (χ3v) is 6.20. The van der Waals surface area contributed by atoms with Crippen LogP contribution in [-0.2, 0) is 13.5 Å². The monoisotopic (exact) mass is 397 g/mol. The molecule has 4 aromatic rings. The highest BCUT2D eigenvalue weighted by molar-refractivity contribution is 6.06. The molecule has 0 aliphatic carbocycles. The predicted octanol–water partition coefficient (Wildman–Crippen LogP) is 7.10. The average Bonchev–Trinajstić information content (AvgIpc) is 2.64. The zero-order valence-electron chi connectivity index (χ0n) is 20.0. The third-order valence-electron chi connectivity index (χ3n) is 6.20. The van der Waals surface area contributed by atoms with E-state index in [9.17, 15) is 0 Å². The van der Waals surface area contributed by atoms with Gasteiger partial charge in [0.25, 0.3) is 0 Å². The topological polar surface area (TPSA) is 13.1 Å². The van der Waals surface area contributed by atoms with Crippen LogP contribution < -0.4 is 9.30 Å². The number of hydrogen-bond donors (Lipinski definition) is 0. The van der Waals surface area contributed by atoms with Crippen molar-refractivity contribution >= 4 is 21.5 Å². The van der Waals surface area contributed by atoms with E-state index in [2.05, 4.69) is 71.9 Å². The van der Waals surface area contributed by atoms with Crippen LogP contribution in [0.4, 0.5) is 0 Å². The fraction of sp³-hybridized carbons (Fsp3) is 0.321. The molecule has 0 bridgehead atoms. The summed E-state index contributed by atoms with van der Waals surface area (Å²) in [6.07, 6.45) is 1.47. The zero-order chi connectivity index (χ0) is 22.2. The van der Waals surface area contributed by atoms with Crippen LogP contribution >= 0.6 is 0 Å². The Balaban J connectivity index is 1.90. The van der Waals surface area contributed by atoms with E-state index in [0.717, 1.165) is 39.9 Å². The number of fused-ring (bicyclic) bond motifs is 3. The van der Waals surface area contributed by atoms with Gasteiger partial charge in [0.2, 0.25) is 5.69 Å². The second-order valence-electron chi connectivity index (χ2n) is 10.1. The van der Waals surface area contributed by atoms with Crippen molar-refractivity contribution in [2.24, 2.45) is 12.5 Å². The van der Waals surface area contributed by atoms with Crippen LogP contribution in [-0.4, -0.2) is 0 Å². The summed E-state index contributed by atoms with van der Waals surface area (Å²) in [6, 6.07) is 13.1. The van der Waals surface area contributed by atoms with Gasteiger partial charge in [0.1, 0.15) is 19.9 Å². The molecular weight excluding hydrogens is 366 g/mol. The summed E-state index contributed by atoms with van der Waals surface area (Å²) in [6.45, 7) is 13.3. The van der Waals surface area contributed by atoms with Gasteiger partial charge in [0.05, 0.1) is 10.9 Å². The van der Waals surface area contributed by atoms with E-state index in [1.165, 1.54) is 33.0 Å². The number of aryl methyl sites for hydroxylation is 3. The number of hydrogen-bond acceptors (Lipinski definition) is 1. The quantitative estimate of drug-likeness (QED) is 0.275. The first-order valence-electron chi connectivity index (χ1n) is 11.2. The number of rotatable bonds is 1. The Morgan fingerprint density at radius 3 is 2.47 bits per heavy atom. The summed E-state index contributed by atoms with van der Waals surface area (Å²) < 4.78 is 17.3. The van der Waals surface area contributed by atoms with Crippen molar-refractivity contribution in [1.29, 1.82) is 0 Å². The molecule has 2 heteroatoms. The molecule has 3 aromatic carbocycles. The van der Waals surface area contributed by atoms with Crippen LogP contribution in [0.3, 0.4) is 0 Å². The molecule has 2 nitrogen and oxygen atoms in total. The molecule has 0 saturated heterocycles. The summed E-state index contributed by atoms with van der Waals surface area (Å²) in [7, 11) is 1.99. The molecule has 0 unspecified atom stereocenters. The number of nitrogens with zero attached hydrogens (tertiary/aromatic N) is 1. The fourth-order valence-electron chi connectivity index (χ4n) is 5.05. The molecule has 5 rings (SSSR count). The van der Waals surface area contributed by atoms with Crippen molar-refractivity contribution in [3.05, 3.63) is 64.8 Å². The van der Waals surface area contributed by atoms with Crippen molar-refractivity contribution < 1.29 is 10.7 Å². The molecule has 2 heterocycles. The minimum Gasteiger partial charge on any atom is -0.456 e. The lowest BCUT2D eigenvalue weighted by atomic mass is 9.86. The maximum absolute atomic E-state index is 8.66. The van der Waals surface area contributed by atoms with Crippen molar-refractivity contribution in [1.82, 2.24) is 0 Å². The van der Waals surface area contributed by atoms with Crippen LogP contribution in [0.5, 0.6) is 11.5 Å². The smallest absolute Gasteiger partial charge is 0.228 e. The largest absolute Gasteiger partial charge is 0.456 e. The maximum atomic E-state index is 8.66. The van der Waals surface area contributed by atoms with Gasteiger partial charge in [-0.05, 0) is 77.6 Å². The molecule has 1 aliphatic heterocycles. The number of benzene rings is 3. The predicted molar refractivity (Wildman–Crippen MR) is 126 cm³/mol. The molecule has 152 valence electrons. The lowest BCUT2D eigenvalue weighted by molar-refractivity contribution is -0.659. The molecule has 30 heavy (non-hydrogen) atoms. The summed E-state index contributed by atoms with van der Waals surface area (Å²) >= 11 is 0. The van der Waals surface area contributed by atoms with Gasteiger partial charge < -0.3 is 4.74 Å². The van der Waals surface area contributed by atoms with Gasteiger partial charge in [-0.15, -0.1) is 0 Å². The van der Waals surface area contributed by atoms with E-state index in [1.54, 1.807) is 0 Å². The minimum absolute atomic E-state index is 0.181. The lowest BCUT2D eigenvalue weighted by Crippen LogP contribution is -2.31. The molecule has 1 aromatic heterocycles. The first kappa shape index (κ1) is 17.9. The fourth-order valence-corrected chi connectivity index (χ4v) is 5.05. The Bertz CT molecular complexity index is 1410. The van der Waals surface area contributed by atoms with E-state index < -0.39 is 0 Å². The molecular formula is C28H30NO+. The highest BCUT2D eigenvalue weighted by atomic mass is 16.5. The average molecular weight is 398 g/mol. The molecule has 0 radical (unpaired) electrons. The van der Waals surface area contributed by atoms with Gasteiger partial charge in [-0.25, -0.2) is 4.57 Å². The molecule has 0 saturated carbocycles. The SMILES string of the molecule is [2H]c1cc2cc(CC(C)(C)C)cc3c2c([n+]1C)-c1c(cc2c(C)cc(C)cc2c1C)O3. The Morgan fingerprint density at radius 2 is 1.73 bits per heavy atom. The van der Waals surface area contributed by atoms with Gasteiger partial charge in [-0.2, -0.15) is 0 Å². The molecule has 0 fully saturated rings. The van der Waals surface area contributed by atoms with Gasteiger partial charge >= 0.3 is 0 Å². The van der Waals surface area contributed by atoms with Crippen LogP contribution in [0.1, 0.15) is 44.4 Å². The molecule has 1 aliphatic rings. The summed E-state index contributed by atoms with van der Waals surface area (Å²) in [5.41, 5.74) is 7.37. The van der Waals surface area contributed by atoms with Crippen molar-refractivity contribution in [3.8, 4) is 22.8 Å². The number of ether oxygens (including phenoxy) is 1. The minimum atomic E-state index is 0.181. The second kappa shape index (κ2) is 6.31. The van der Waals surface area contributed by atoms with E-state index >= 15 is 0 Å². The number of pyridine rings is 1. The van der Waals surface area contributed by atoms with E-state index in [1.807, 2.05) is 17.7 Å². The Morgan fingerprint density at radius 1 is 0.967 bits per heavy atom. The summed E-state index contributed by atoms with van der Waals surface area (Å²) in [5.74, 6) is 1.79. The zero-order valence-corrected chi connectivity index (χ0v) is 19.0. The van der Waals surface area contributed by atoms with Crippen molar-refractivity contribution in [2.45, 2.75) is 48.0 Å². The van der Waals surface area contributed by atoms with Crippen molar-refractivity contribution in [2.75, 3.05) is 0 Å². The first-order valence-corrected chi connectivity index (χ1v) is 10.7. The lowest BCUT2D eigenvalue weighted by Gasteiger charge is -2.24. The molecule has 0 atom stereocenters. The Labute approximate surface area is 180 Å². The summed E-state index contributed by atoms with van der Waals surface area (Å²) in [4.78, 5) is 0. The van der Waals surface area contributed by atoms with E-state index in [-0.39, 0.29) is 5.41 Å². The standard InChI is InChI=1S/C28H30NO/c1-16-10-17(2)21-14-24-25(18(3)22(21)11-16)27-26-20(8-9-29(27)7)12-19(13-23(26)30-24)15-28(4,5)6/h8-14H,15H2,1-7H3/q+1/i9D. The normalized spacial score (nSPS) is 13.4. The third kappa shape index (κ3) is 2.89.